The second kappa shape index (κ2) is 5.02. The summed E-state index contributed by atoms with van der Waals surface area (Å²) in [4.78, 5) is 6.11. The lowest BCUT2D eigenvalue weighted by molar-refractivity contribution is 0.619. The second-order valence-corrected chi connectivity index (χ2v) is 6.18. The molecule has 4 heteroatoms. The first-order valence-electron chi connectivity index (χ1n) is 6.59. The van der Waals surface area contributed by atoms with Crippen LogP contribution >= 0.6 is 11.3 Å². The van der Waals surface area contributed by atoms with Crippen LogP contribution in [-0.2, 0) is 6.54 Å². The Bertz CT molecular complexity index is 602. The average molecular weight is 276 g/mol. The van der Waals surface area contributed by atoms with Crippen molar-refractivity contribution >= 4 is 11.3 Å². The van der Waals surface area contributed by atoms with E-state index in [4.69, 9.17) is 4.98 Å². The monoisotopic (exact) mass is 276 g/mol. The fourth-order valence-corrected chi connectivity index (χ4v) is 3.38. The normalized spacial score (nSPS) is 14.9. The molecule has 1 aliphatic rings. The number of halogens is 1. The van der Waals surface area contributed by atoms with E-state index >= 15 is 0 Å². The first-order chi connectivity index (χ1) is 9.19. The van der Waals surface area contributed by atoms with E-state index < -0.39 is 0 Å². The Morgan fingerprint density at radius 1 is 1.42 bits per heavy atom. The van der Waals surface area contributed by atoms with Crippen molar-refractivity contribution in [2.45, 2.75) is 32.2 Å². The number of benzene rings is 1. The quantitative estimate of drug-likeness (QED) is 0.917. The fourth-order valence-electron chi connectivity index (χ4n) is 2.23. The van der Waals surface area contributed by atoms with Gasteiger partial charge < -0.3 is 5.32 Å². The molecule has 2 nitrogen and oxygen atoms in total. The van der Waals surface area contributed by atoms with E-state index in [1.165, 1.54) is 29.5 Å². The lowest BCUT2D eigenvalue weighted by Crippen LogP contribution is -2.05. The van der Waals surface area contributed by atoms with Gasteiger partial charge in [0.15, 0.2) is 0 Å². The van der Waals surface area contributed by atoms with Gasteiger partial charge in [-0.05, 0) is 50.6 Å². The maximum atomic E-state index is 13.3. The summed E-state index contributed by atoms with van der Waals surface area (Å²) in [5.41, 5.74) is 2.94. The zero-order valence-electron chi connectivity index (χ0n) is 11.2. The SMILES string of the molecule is CNCc1sc(-c2ccc(F)c(C)c2)nc1C1CC1. The Kier molecular flexibility index (Phi) is 3.37. The Balaban J connectivity index is 1.99. The highest BCUT2D eigenvalue weighted by atomic mass is 32.1. The van der Waals surface area contributed by atoms with Gasteiger partial charge in [-0.2, -0.15) is 0 Å². The van der Waals surface area contributed by atoms with Crippen molar-refractivity contribution in [1.29, 1.82) is 0 Å². The van der Waals surface area contributed by atoms with E-state index in [1.807, 2.05) is 19.2 Å². The molecular formula is C15H17FN2S. The number of hydrogen-bond acceptors (Lipinski definition) is 3. The topological polar surface area (TPSA) is 24.9 Å². The van der Waals surface area contributed by atoms with Gasteiger partial charge in [-0.3, -0.25) is 0 Å². The highest BCUT2D eigenvalue weighted by molar-refractivity contribution is 7.15. The highest BCUT2D eigenvalue weighted by Gasteiger charge is 2.29. The Hall–Kier alpha value is -1.26. The maximum absolute atomic E-state index is 13.3. The molecule has 1 N–H and O–H groups in total. The molecule has 1 aliphatic carbocycles. The van der Waals surface area contributed by atoms with Crippen LogP contribution in [0.2, 0.25) is 0 Å². The van der Waals surface area contributed by atoms with Crippen molar-refractivity contribution in [3.63, 3.8) is 0 Å². The molecule has 0 unspecified atom stereocenters. The zero-order valence-corrected chi connectivity index (χ0v) is 12.0. The Morgan fingerprint density at radius 2 is 2.21 bits per heavy atom. The Labute approximate surface area is 116 Å². The third-order valence-electron chi connectivity index (χ3n) is 3.43. The van der Waals surface area contributed by atoms with Crippen molar-refractivity contribution < 1.29 is 4.39 Å². The molecule has 0 atom stereocenters. The molecule has 0 saturated heterocycles. The third kappa shape index (κ3) is 2.55. The van der Waals surface area contributed by atoms with Crippen LogP contribution in [0.1, 0.15) is 34.9 Å². The summed E-state index contributed by atoms with van der Waals surface area (Å²) in [7, 11) is 1.96. The summed E-state index contributed by atoms with van der Waals surface area (Å²) < 4.78 is 13.3. The predicted molar refractivity (Wildman–Crippen MR) is 77.0 cm³/mol. The number of rotatable bonds is 4. The zero-order chi connectivity index (χ0) is 13.4. The molecule has 100 valence electrons. The number of aromatic nitrogens is 1. The van der Waals surface area contributed by atoms with Crippen LogP contribution in [0.5, 0.6) is 0 Å². The molecule has 1 aromatic carbocycles. The summed E-state index contributed by atoms with van der Waals surface area (Å²) in [5.74, 6) is 0.494. The summed E-state index contributed by atoms with van der Waals surface area (Å²) in [6, 6.07) is 5.23. The molecule has 19 heavy (non-hydrogen) atoms. The first-order valence-corrected chi connectivity index (χ1v) is 7.41. The lowest BCUT2D eigenvalue weighted by Gasteiger charge is -1.99. The number of aryl methyl sites for hydroxylation is 1. The van der Waals surface area contributed by atoms with E-state index in [2.05, 4.69) is 5.32 Å². The minimum absolute atomic E-state index is 0.154. The van der Waals surface area contributed by atoms with Gasteiger partial charge in [-0.25, -0.2) is 9.37 Å². The number of nitrogens with one attached hydrogen (secondary N) is 1. The van der Waals surface area contributed by atoms with Crippen LogP contribution in [0.4, 0.5) is 4.39 Å². The lowest BCUT2D eigenvalue weighted by atomic mass is 10.1. The number of hydrogen-bond donors (Lipinski definition) is 1. The molecule has 2 aromatic rings. The van der Waals surface area contributed by atoms with Gasteiger partial charge in [0.1, 0.15) is 10.8 Å². The largest absolute Gasteiger partial charge is 0.315 e. The van der Waals surface area contributed by atoms with Crippen molar-refractivity contribution in [3.8, 4) is 10.6 Å². The molecule has 1 fully saturated rings. The summed E-state index contributed by atoms with van der Waals surface area (Å²) >= 11 is 1.72. The van der Waals surface area contributed by atoms with Gasteiger partial charge in [0.05, 0.1) is 5.69 Å². The summed E-state index contributed by atoms with van der Waals surface area (Å²) in [6.45, 7) is 2.66. The maximum Gasteiger partial charge on any atom is 0.126 e. The average Bonchev–Trinajstić information content (AvgIpc) is 3.15. The van der Waals surface area contributed by atoms with Crippen molar-refractivity contribution in [1.82, 2.24) is 10.3 Å². The fraction of sp³-hybridized carbons (Fsp3) is 0.400. The molecule has 0 bridgehead atoms. The van der Waals surface area contributed by atoms with Gasteiger partial charge in [0.2, 0.25) is 0 Å². The standard InChI is InChI=1S/C15H17FN2S/c1-9-7-11(5-6-12(9)16)15-18-14(10-3-4-10)13(19-15)8-17-2/h5-7,10,17H,3-4,8H2,1-2H3. The van der Waals surface area contributed by atoms with E-state index in [0.717, 1.165) is 17.1 Å². The smallest absolute Gasteiger partial charge is 0.126 e. The van der Waals surface area contributed by atoms with E-state index in [1.54, 1.807) is 18.3 Å². The molecule has 0 aliphatic heterocycles. The molecule has 0 radical (unpaired) electrons. The summed E-state index contributed by atoms with van der Waals surface area (Å²) in [6.07, 6.45) is 2.50. The molecule has 3 rings (SSSR count). The van der Waals surface area contributed by atoms with E-state index in [9.17, 15) is 4.39 Å². The van der Waals surface area contributed by atoms with Crippen LogP contribution in [0.3, 0.4) is 0 Å². The van der Waals surface area contributed by atoms with Crippen LogP contribution < -0.4 is 5.32 Å². The predicted octanol–water partition coefficient (Wildman–Crippen LogP) is 3.85. The highest BCUT2D eigenvalue weighted by Crippen LogP contribution is 2.44. The molecule has 0 spiro atoms. The minimum atomic E-state index is -0.154. The van der Waals surface area contributed by atoms with E-state index in [-0.39, 0.29) is 5.82 Å². The molecule has 0 amide bonds. The summed E-state index contributed by atoms with van der Waals surface area (Å²) in [5, 5.41) is 4.21. The molecule has 1 saturated carbocycles. The third-order valence-corrected chi connectivity index (χ3v) is 4.55. The van der Waals surface area contributed by atoms with Crippen LogP contribution in [0.25, 0.3) is 10.6 Å². The van der Waals surface area contributed by atoms with E-state index in [0.29, 0.717) is 11.5 Å². The van der Waals surface area contributed by atoms with Gasteiger partial charge >= 0.3 is 0 Å². The van der Waals surface area contributed by atoms with Gasteiger partial charge in [-0.1, -0.05) is 0 Å². The first kappa shape index (κ1) is 12.8. The van der Waals surface area contributed by atoms with Gasteiger partial charge in [0.25, 0.3) is 0 Å². The number of thiazole rings is 1. The van der Waals surface area contributed by atoms with Crippen molar-refractivity contribution in [3.05, 3.63) is 40.2 Å². The second-order valence-electron chi connectivity index (χ2n) is 5.10. The van der Waals surface area contributed by atoms with Crippen LogP contribution in [-0.4, -0.2) is 12.0 Å². The van der Waals surface area contributed by atoms with Crippen molar-refractivity contribution in [2.24, 2.45) is 0 Å². The van der Waals surface area contributed by atoms with Crippen molar-refractivity contribution in [2.75, 3.05) is 7.05 Å². The molecule has 1 heterocycles. The van der Waals surface area contributed by atoms with Gasteiger partial charge in [-0.15, -0.1) is 11.3 Å². The minimum Gasteiger partial charge on any atom is -0.315 e. The number of nitrogens with zero attached hydrogens (tertiary/aromatic N) is 1. The molecule has 1 aromatic heterocycles. The van der Waals surface area contributed by atoms with Gasteiger partial charge in [0, 0.05) is 22.9 Å². The van der Waals surface area contributed by atoms with Crippen LogP contribution in [0.15, 0.2) is 18.2 Å². The Morgan fingerprint density at radius 3 is 2.84 bits per heavy atom. The molecular weight excluding hydrogens is 259 g/mol. The van der Waals surface area contributed by atoms with Crippen LogP contribution in [0, 0.1) is 12.7 Å².